The molecule has 0 spiro atoms. The van der Waals surface area contributed by atoms with Crippen molar-refractivity contribution >= 4 is 52.1 Å². The molecular weight excluding hydrogens is 640 g/mol. The van der Waals surface area contributed by atoms with E-state index in [-0.39, 0.29) is 24.7 Å². The molecule has 0 aliphatic rings. The average Bonchev–Trinajstić information content (AvgIpc) is 3.47. The number of anilines is 2. The lowest BCUT2D eigenvalue weighted by Crippen LogP contribution is -2.28. The second kappa shape index (κ2) is 14.6. The Hall–Kier alpha value is -3.64. The van der Waals surface area contributed by atoms with Crippen LogP contribution >= 0.6 is 19.8 Å². The minimum atomic E-state index is -3.17. The Morgan fingerprint density at radius 3 is 2.69 bits per heavy atom. The SMILES string of the molecule is COCP(N)N(CCS(C)(=O)=O)Cc1ccc(-c2ccc3ncnc(Nc4ccc(OCc5cccc(F)c5)c(Cl)c4)c3c2)o1. The molecule has 0 saturated heterocycles. The number of hydrogen-bond donors (Lipinski definition) is 2. The van der Waals surface area contributed by atoms with Crippen molar-refractivity contribution in [1.29, 1.82) is 0 Å². The highest BCUT2D eigenvalue weighted by Crippen LogP contribution is 2.35. The van der Waals surface area contributed by atoms with E-state index in [2.05, 4.69) is 15.3 Å². The van der Waals surface area contributed by atoms with Crippen LogP contribution in [-0.4, -0.2) is 55.1 Å². The van der Waals surface area contributed by atoms with Crippen LogP contribution in [0.2, 0.25) is 5.02 Å². The summed E-state index contributed by atoms with van der Waals surface area (Å²) in [6, 6.07) is 20.9. The van der Waals surface area contributed by atoms with Gasteiger partial charge in [0.1, 0.15) is 51.7 Å². The first-order valence-electron chi connectivity index (χ1n) is 13.8. The molecule has 0 fully saturated rings. The standard InChI is InChI=1S/C31H32ClFN5O5PS/c1-41-20-44(34)38(12-13-45(2,39)40)17-25-8-11-29(43-25)22-6-9-28-26(15-22)31(36-19-35-28)37-24-7-10-30(27(32)16-24)42-18-21-4-3-5-23(33)14-21/h3-11,14-16,19H,12-13,17-18,20,34H2,1-2H3,(H,35,36,37). The summed E-state index contributed by atoms with van der Waals surface area (Å²) in [6.07, 6.45) is 2.99. The monoisotopic (exact) mass is 671 g/mol. The number of furan rings is 1. The fraction of sp³-hybridized carbons (Fsp3) is 0.226. The first-order chi connectivity index (χ1) is 21.6. The van der Waals surface area contributed by atoms with Gasteiger partial charge in [-0.15, -0.1) is 0 Å². The maximum absolute atomic E-state index is 13.5. The molecule has 0 amide bonds. The van der Waals surface area contributed by atoms with Crippen LogP contribution < -0.4 is 15.6 Å². The van der Waals surface area contributed by atoms with Crippen LogP contribution in [0.4, 0.5) is 15.9 Å². The highest BCUT2D eigenvalue weighted by molar-refractivity contribution is 7.90. The number of halogens is 2. The maximum Gasteiger partial charge on any atom is 0.148 e. The molecule has 236 valence electrons. The van der Waals surface area contributed by atoms with Gasteiger partial charge in [-0.05, 0) is 66.2 Å². The van der Waals surface area contributed by atoms with Gasteiger partial charge >= 0.3 is 0 Å². The molecular formula is C31H32ClFN5O5PS. The Morgan fingerprint density at radius 2 is 1.93 bits per heavy atom. The van der Waals surface area contributed by atoms with Crippen molar-refractivity contribution in [2.75, 3.05) is 37.3 Å². The van der Waals surface area contributed by atoms with E-state index in [0.29, 0.717) is 52.3 Å². The normalized spacial score (nSPS) is 12.5. The Kier molecular flexibility index (Phi) is 10.7. The molecule has 5 rings (SSSR count). The molecule has 3 N–H and O–H groups in total. The lowest BCUT2D eigenvalue weighted by molar-refractivity contribution is 0.247. The zero-order valence-corrected chi connectivity index (χ0v) is 27.1. The van der Waals surface area contributed by atoms with E-state index >= 15 is 0 Å². The van der Waals surface area contributed by atoms with Crippen molar-refractivity contribution in [2.45, 2.75) is 13.2 Å². The van der Waals surface area contributed by atoms with E-state index in [0.717, 1.165) is 16.5 Å². The van der Waals surface area contributed by atoms with Gasteiger partial charge in [-0.2, -0.15) is 0 Å². The molecule has 0 bridgehead atoms. The van der Waals surface area contributed by atoms with Gasteiger partial charge in [0, 0.05) is 36.5 Å². The molecule has 0 radical (unpaired) electrons. The van der Waals surface area contributed by atoms with Gasteiger partial charge in [-0.3, -0.25) is 10.2 Å². The van der Waals surface area contributed by atoms with Gasteiger partial charge < -0.3 is 19.2 Å². The highest BCUT2D eigenvalue weighted by Gasteiger charge is 2.19. The Labute approximate surface area is 267 Å². The third-order valence-electron chi connectivity index (χ3n) is 6.74. The molecule has 0 saturated carbocycles. The second-order valence-corrected chi connectivity index (χ2v) is 14.7. The topological polar surface area (TPSA) is 133 Å². The van der Waals surface area contributed by atoms with E-state index in [9.17, 15) is 12.8 Å². The van der Waals surface area contributed by atoms with Gasteiger partial charge in [0.2, 0.25) is 0 Å². The molecule has 0 aliphatic carbocycles. The third kappa shape index (κ3) is 8.97. The molecule has 5 aromatic rings. The van der Waals surface area contributed by atoms with Crippen molar-refractivity contribution in [1.82, 2.24) is 14.6 Å². The quantitative estimate of drug-likeness (QED) is 0.123. The Balaban J connectivity index is 1.32. The van der Waals surface area contributed by atoms with E-state index in [1.165, 1.54) is 24.7 Å². The molecule has 0 aliphatic heterocycles. The molecule has 1 atom stereocenters. The van der Waals surface area contributed by atoms with Crippen LogP contribution in [-0.2, 0) is 27.7 Å². The third-order valence-corrected chi connectivity index (χ3v) is 9.55. The van der Waals surface area contributed by atoms with E-state index in [1.807, 2.05) is 41.1 Å². The summed E-state index contributed by atoms with van der Waals surface area (Å²) < 4.78 is 56.1. The number of sulfone groups is 1. The van der Waals surface area contributed by atoms with Crippen LogP contribution in [0.25, 0.3) is 22.2 Å². The Morgan fingerprint density at radius 1 is 1.09 bits per heavy atom. The van der Waals surface area contributed by atoms with Crippen LogP contribution in [0.3, 0.4) is 0 Å². The van der Waals surface area contributed by atoms with Crippen LogP contribution in [0.5, 0.6) is 5.75 Å². The van der Waals surface area contributed by atoms with Gasteiger partial charge in [-0.25, -0.2) is 22.8 Å². The van der Waals surface area contributed by atoms with Crippen LogP contribution in [0.1, 0.15) is 11.3 Å². The number of nitrogens with zero attached hydrogens (tertiary/aromatic N) is 3. The minimum absolute atomic E-state index is 0.0172. The van der Waals surface area contributed by atoms with Gasteiger partial charge in [-0.1, -0.05) is 23.7 Å². The minimum Gasteiger partial charge on any atom is -0.487 e. The first-order valence-corrected chi connectivity index (χ1v) is 17.8. The number of ether oxygens (including phenoxy) is 2. The molecule has 14 heteroatoms. The van der Waals surface area contributed by atoms with Crippen molar-refractivity contribution in [3.63, 3.8) is 0 Å². The number of nitrogens with two attached hydrogens (primary N) is 1. The molecule has 2 aromatic heterocycles. The highest BCUT2D eigenvalue weighted by atomic mass is 35.5. The summed E-state index contributed by atoms with van der Waals surface area (Å²) in [7, 11) is -2.81. The summed E-state index contributed by atoms with van der Waals surface area (Å²) in [5, 5.41) is 4.45. The first kappa shape index (κ1) is 32.7. The summed E-state index contributed by atoms with van der Waals surface area (Å²) in [6.45, 7) is 0.789. The van der Waals surface area contributed by atoms with Gasteiger partial charge in [0.15, 0.2) is 0 Å². The predicted molar refractivity (Wildman–Crippen MR) is 176 cm³/mol. The van der Waals surface area contributed by atoms with E-state index < -0.39 is 18.1 Å². The number of nitrogens with one attached hydrogen (secondary N) is 1. The number of fused-ring (bicyclic) bond motifs is 1. The number of benzene rings is 3. The summed E-state index contributed by atoms with van der Waals surface area (Å²) >= 11 is 6.50. The fourth-order valence-electron chi connectivity index (χ4n) is 4.51. The zero-order valence-electron chi connectivity index (χ0n) is 24.6. The van der Waals surface area contributed by atoms with Crippen molar-refractivity contribution in [3.05, 3.63) is 101 Å². The number of methoxy groups -OCH3 is 1. The zero-order chi connectivity index (χ0) is 32.0. The predicted octanol–water partition coefficient (Wildman–Crippen LogP) is 6.73. The lowest BCUT2D eigenvalue weighted by Gasteiger charge is -2.26. The van der Waals surface area contributed by atoms with Gasteiger partial charge in [0.05, 0.1) is 37.4 Å². The number of rotatable bonds is 14. The lowest BCUT2D eigenvalue weighted by atomic mass is 10.1. The van der Waals surface area contributed by atoms with Crippen molar-refractivity contribution in [3.8, 4) is 17.1 Å². The van der Waals surface area contributed by atoms with Crippen LogP contribution in [0, 0.1) is 5.82 Å². The summed E-state index contributed by atoms with van der Waals surface area (Å²) in [5.41, 5.74) is 9.22. The molecule has 2 heterocycles. The fourth-order valence-corrected chi connectivity index (χ4v) is 6.54. The van der Waals surface area contributed by atoms with Crippen molar-refractivity contribution < 1.29 is 26.7 Å². The molecule has 3 aromatic carbocycles. The average molecular weight is 672 g/mol. The van der Waals surface area contributed by atoms with Crippen LogP contribution in [0.15, 0.2) is 83.5 Å². The smallest absolute Gasteiger partial charge is 0.148 e. The molecule has 1 unspecified atom stereocenters. The number of hydrogen-bond acceptors (Lipinski definition) is 10. The maximum atomic E-state index is 13.5. The molecule has 45 heavy (non-hydrogen) atoms. The molecule has 10 nitrogen and oxygen atoms in total. The van der Waals surface area contributed by atoms with E-state index in [4.69, 9.17) is 31.0 Å². The largest absolute Gasteiger partial charge is 0.487 e. The van der Waals surface area contributed by atoms with Gasteiger partial charge in [0.25, 0.3) is 0 Å². The van der Waals surface area contributed by atoms with E-state index in [1.54, 1.807) is 31.4 Å². The summed E-state index contributed by atoms with van der Waals surface area (Å²) in [5.74, 6) is 1.96. The number of aromatic nitrogens is 2. The van der Waals surface area contributed by atoms with Crippen molar-refractivity contribution in [2.24, 2.45) is 5.50 Å². The second-order valence-electron chi connectivity index (χ2n) is 10.3. The summed E-state index contributed by atoms with van der Waals surface area (Å²) in [4.78, 5) is 8.85. The Bertz CT molecular complexity index is 1890.